The number of nitrogens with zero attached hydrogens (tertiary/aromatic N) is 1. The van der Waals surface area contributed by atoms with Gasteiger partial charge in [0.15, 0.2) is 11.5 Å². The van der Waals surface area contributed by atoms with Crippen LogP contribution < -0.4 is 14.2 Å². The molecule has 1 aromatic rings. The van der Waals surface area contributed by atoms with Crippen LogP contribution in [0.3, 0.4) is 0 Å². The summed E-state index contributed by atoms with van der Waals surface area (Å²) in [7, 11) is 6.22. The van der Waals surface area contributed by atoms with Crippen molar-refractivity contribution >= 4 is 12.0 Å². The van der Waals surface area contributed by atoms with Crippen LogP contribution in [0, 0.1) is 0 Å². The fraction of sp³-hybridized carbons (Fsp3) is 0.400. The van der Waals surface area contributed by atoms with Gasteiger partial charge < -0.3 is 24.2 Å². The highest BCUT2D eigenvalue weighted by Gasteiger charge is 2.12. The second kappa shape index (κ2) is 8.16. The van der Waals surface area contributed by atoms with Crippen molar-refractivity contribution < 1.29 is 24.1 Å². The molecule has 0 saturated carbocycles. The topological polar surface area (TPSA) is 68.2 Å². The first-order valence-electron chi connectivity index (χ1n) is 6.41. The number of hydrogen-bond acceptors (Lipinski definition) is 5. The first kappa shape index (κ1) is 16.8. The summed E-state index contributed by atoms with van der Waals surface area (Å²) in [6, 6.07) is 3.49. The average molecular weight is 295 g/mol. The van der Waals surface area contributed by atoms with Crippen LogP contribution in [0.25, 0.3) is 6.08 Å². The van der Waals surface area contributed by atoms with Crippen LogP contribution in [0.15, 0.2) is 18.2 Å². The fourth-order valence-corrected chi connectivity index (χ4v) is 1.75. The van der Waals surface area contributed by atoms with E-state index in [1.807, 2.05) is 0 Å². The van der Waals surface area contributed by atoms with E-state index in [0.29, 0.717) is 23.8 Å². The predicted molar refractivity (Wildman–Crippen MR) is 79.9 cm³/mol. The Morgan fingerprint density at radius 1 is 1.19 bits per heavy atom. The molecular formula is C15H21NO5. The Morgan fingerprint density at radius 3 is 2.19 bits per heavy atom. The van der Waals surface area contributed by atoms with Crippen LogP contribution >= 0.6 is 0 Å². The fourth-order valence-electron chi connectivity index (χ4n) is 1.75. The van der Waals surface area contributed by atoms with Crippen LogP contribution in [0.2, 0.25) is 0 Å². The number of likely N-dealkylation sites (N-methyl/N-ethyl adjacent to an activating group) is 1. The number of rotatable bonds is 7. The molecule has 0 aromatic heterocycles. The number of aliphatic hydroxyl groups excluding tert-OH is 1. The number of carbonyl (C=O) groups is 1. The smallest absolute Gasteiger partial charge is 0.246 e. The lowest BCUT2D eigenvalue weighted by Crippen LogP contribution is -2.27. The molecule has 1 aromatic carbocycles. The molecule has 0 atom stereocenters. The minimum Gasteiger partial charge on any atom is -0.493 e. The maximum Gasteiger partial charge on any atom is 0.246 e. The van der Waals surface area contributed by atoms with Gasteiger partial charge in [-0.15, -0.1) is 0 Å². The van der Waals surface area contributed by atoms with Crippen molar-refractivity contribution in [2.24, 2.45) is 0 Å². The van der Waals surface area contributed by atoms with E-state index in [9.17, 15) is 4.79 Å². The number of hydrogen-bond donors (Lipinski definition) is 1. The lowest BCUT2D eigenvalue weighted by atomic mass is 10.1. The predicted octanol–water partition coefficient (Wildman–Crippen LogP) is 1.18. The normalized spacial score (nSPS) is 10.5. The molecule has 0 aliphatic heterocycles. The summed E-state index contributed by atoms with van der Waals surface area (Å²) in [6.45, 7) is 0.221. The maximum absolute atomic E-state index is 11.8. The van der Waals surface area contributed by atoms with Crippen molar-refractivity contribution in [2.75, 3.05) is 41.5 Å². The van der Waals surface area contributed by atoms with E-state index in [1.54, 1.807) is 25.3 Å². The molecule has 6 heteroatoms. The third kappa shape index (κ3) is 4.39. The van der Waals surface area contributed by atoms with Crippen LogP contribution in [0.5, 0.6) is 17.2 Å². The van der Waals surface area contributed by atoms with E-state index < -0.39 is 0 Å². The first-order chi connectivity index (χ1) is 10.1. The minimum absolute atomic E-state index is 0.0692. The Bertz CT molecular complexity index is 488. The molecule has 116 valence electrons. The standard InChI is InChI=1S/C15H21NO5/c1-16(7-8-17)14(18)6-5-11-9-12(19-2)15(21-4)13(10-11)20-3/h5-6,9-10,17H,7-8H2,1-4H3. The van der Waals surface area contributed by atoms with Gasteiger partial charge in [-0.25, -0.2) is 0 Å². The van der Waals surface area contributed by atoms with Crippen LogP contribution in [-0.2, 0) is 4.79 Å². The molecule has 0 heterocycles. The summed E-state index contributed by atoms with van der Waals surface area (Å²) in [6.07, 6.45) is 3.08. The molecular weight excluding hydrogens is 274 g/mol. The third-order valence-electron chi connectivity index (χ3n) is 2.92. The Hall–Kier alpha value is -2.21. The van der Waals surface area contributed by atoms with Gasteiger partial charge in [-0.3, -0.25) is 4.79 Å². The molecule has 1 amide bonds. The molecule has 0 radical (unpaired) electrons. The second-order valence-corrected chi connectivity index (χ2v) is 4.28. The van der Waals surface area contributed by atoms with E-state index in [4.69, 9.17) is 19.3 Å². The van der Waals surface area contributed by atoms with Crippen molar-refractivity contribution in [3.63, 3.8) is 0 Å². The minimum atomic E-state index is -0.196. The van der Waals surface area contributed by atoms with Gasteiger partial charge in [0, 0.05) is 19.7 Å². The van der Waals surface area contributed by atoms with E-state index in [0.717, 1.165) is 5.56 Å². The van der Waals surface area contributed by atoms with E-state index in [-0.39, 0.29) is 12.5 Å². The van der Waals surface area contributed by atoms with E-state index in [2.05, 4.69) is 0 Å². The molecule has 0 fully saturated rings. The van der Waals surface area contributed by atoms with E-state index >= 15 is 0 Å². The first-order valence-corrected chi connectivity index (χ1v) is 6.41. The molecule has 0 aliphatic rings. The largest absolute Gasteiger partial charge is 0.493 e. The summed E-state index contributed by atoms with van der Waals surface area (Å²) in [5.74, 6) is 1.35. The summed E-state index contributed by atoms with van der Waals surface area (Å²) in [5.41, 5.74) is 0.746. The van der Waals surface area contributed by atoms with Gasteiger partial charge in [0.25, 0.3) is 0 Å². The van der Waals surface area contributed by atoms with Crippen LogP contribution in [0.4, 0.5) is 0 Å². The number of amides is 1. The zero-order valence-corrected chi connectivity index (χ0v) is 12.8. The number of carbonyl (C=O) groups excluding carboxylic acids is 1. The number of ether oxygens (including phenoxy) is 3. The van der Waals surface area contributed by atoms with Gasteiger partial charge in [-0.2, -0.15) is 0 Å². The summed E-state index contributed by atoms with van der Waals surface area (Å²) >= 11 is 0. The summed E-state index contributed by atoms with van der Waals surface area (Å²) in [5, 5.41) is 8.80. The third-order valence-corrected chi connectivity index (χ3v) is 2.92. The van der Waals surface area contributed by atoms with Gasteiger partial charge in [-0.1, -0.05) is 0 Å². The lowest BCUT2D eigenvalue weighted by Gasteiger charge is -2.14. The van der Waals surface area contributed by atoms with Gasteiger partial charge >= 0.3 is 0 Å². The Balaban J connectivity index is 3.01. The highest BCUT2D eigenvalue weighted by atomic mass is 16.5. The van der Waals surface area contributed by atoms with Gasteiger partial charge in [0.2, 0.25) is 11.7 Å². The molecule has 6 nitrogen and oxygen atoms in total. The number of aliphatic hydroxyl groups is 1. The van der Waals surface area contributed by atoms with Gasteiger partial charge in [0.05, 0.1) is 27.9 Å². The molecule has 0 bridgehead atoms. The Labute approximate surface area is 124 Å². The molecule has 0 saturated heterocycles. The number of methoxy groups -OCH3 is 3. The molecule has 0 aliphatic carbocycles. The Kier molecular flexibility index (Phi) is 6.55. The van der Waals surface area contributed by atoms with Crippen molar-refractivity contribution in [1.82, 2.24) is 4.90 Å². The Morgan fingerprint density at radius 2 is 1.76 bits per heavy atom. The van der Waals surface area contributed by atoms with E-state index in [1.165, 1.54) is 32.3 Å². The average Bonchev–Trinajstić information content (AvgIpc) is 2.51. The van der Waals surface area contributed by atoms with Crippen LogP contribution in [0.1, 0.15) is 5.56 Å². The quantitative estimate of drug-likeness (QED) is 0.765. The monoisotopic (exact) mass is 295 g/mol. The number of benzene rings is 1. The molecule has 1 N–H and O–H groups in total. The molecule has 0 unspecified atom stereocenters. The van der Waals surface area contributed by atoms with Crippen molar-refractivity contribution in [3.8, 4) is 17.2 Å². The van der Waals surface area contributed by atoms with Gasteiger partial charge in [-0.05, 0) is 23.8 Å². The molecule has 21 heavy (non-hydrogen) atoms. The molecule has 1 rings (SSSR count). The second-order valence-electron chi connectivity index (χ2n) is 4.28. The highest BCUT2D eigenvalue weighted by molar-refractivity contribution is 5.91. The van der Waals surface area contributed by atoms with Crippen molar-refractivity contribution in [3.05, 3.63) is 23.8 Å². The van der Waals surface area contributed by atoms with Crippen LogP contribution in [-0.4, -0.2) is 57.4 Å². The summed E-state index contributed by atoms with van der Waals surface area (Å²) in [4.78, 5) is 13.2. The lowest BCUT2D eigenvalue weighted by molar-refractivity contribution is -0.125. The van der Waals surface area contributed by atoms with Crippen molar-refractivity contribution in [2.45, 2.75) is 0 Å². The zero-order chi connectivity index (χ0) is 15.8. The van der Waals surface area contributed by atoms with Crippen molar-refractivity contribution in [1.29, 1.82) is 0 Å². The highest BCUT2D eigenvalue weighted by Crippen LogP contribution is 2.38. The maximum atomic E-state index is 11.8. The summed E-state index contributed by atoms with van der Waals surface area (Å²) < 4.78 is 15.7. The van der Waals surface area contributed by atoms with Gasteiger partial charge in [0.1, 0.15) is 0 Å². The molecule has 0 spiro atoms. The SMILES string of the molecule is COc1cc(C=CC(=O)N(C)CCO)cc(OC)c1OC. The zero-order valence-electron chi connectivity index (χ0n) is 12.8.